The van der Waals surface area contributed by atoms with Crippen LogP contribution in [0, 0.1) is 11.3 Å². The lowest BCUT2D eigenvalue weighted by atomic mass is 9.68. The first-order valence-electron chi connectivity index (χ1n) is 10.4. The van der Waals surface area contributed by atoms with E-state index in [1.165, 1.54) is 35.6 Å². The monoisotopic (exact) mass is 388 g/mol. The second kappa shape index (κ2) is 12.8. The van der Waals surface area contributed by atoms with E-state index in [1.54, 1.807) is 12.0 Å². The van der Waals surface area contributed by atoms with Crippen LogP contribution in [0.4, 0.5) is 0 Å². The van der Waals surface area contributed by atoms with Gasteiger partial charge in [0.05, 0.1) is 0 Å². The maximum absolute atomic E-state index is 10.1. The van der Waals surface area contributed by atoms with Gasteiger partial charge in [0.15, 0.2) is 0 Å². The van der Waals surface area contributed by atoms with Crippen molar-refractivity contribution in [2.75, 3.05) is 0 Å². The van der Waals surface area contributed by atoms with Crippen LogP contribution in [0.15, 0.2) is 101 Å². The van der Waals surface area contributed by atoms with Crippen molar-refractivity contribution in [3.63, 3.8) is 0 Å². The molecule has 29 heavy (non-hydrogen) atoms. The Bertz CT molecular complexity index is 826. The third-order valence-corrected chi connectivity index (χ3v) is 5.21. The van der Waals surface area contributed by atoms with Gasteiger partial charge in [0, 0.05) is 12.0 Å². The molecule has 1 heteroatoms. The highest BCUT2D eigenvalue weighted by Crippen LogP contribution is 2.41. The van der Waals surface area contributed by atoms with Crippen molar-refractivity contribution in [1.29, 1.82) is 0 Å². The first kappa shape index (κ1) is 24.4. The standard InChI is InChI=1S/C28H36O/c1-23(15-9-10-22-29)13-7-8-14-24(2)16-11-17-25(3)19-20-27-26(4)18-12-21-28(27,5)6/h7-11,13-20,27H,12,21H2,1-6H3/b8-7+,15-9+,16-11+,20-19+,23-13+,24-14+,25-17+. The zero-order chi connectivity index (χ0) is 21.7. The van der Waals surface area contributed by atoms with Crippen LogP contribution in [0.25, 0.3) is 0 Å². The predicted octanol–water partition coefficient (Wildman–Crippen LogP) is 7.82. The zero-order valence-corrected chi connectivity index (χ0v) is 18.9. The zero-order valence-electron chi connectivity index (χ0n) is 18.9. The van der Waals surface area contributed by atoms with E-state index in [4.69, 9.17) is 0 Å². The van der Waals surface area contributed by atoms with Crippen molar-refractivity contribution < 1.29 is 4.79 Å². The molecule has 0 amide bonds. The summed E-state index contributed by atoms with van der Waals surface area (Å²) in [5, 5.41) is 0. The summed E-state index contributed by atoms with van der Waals surface area (Å²) in [6.07, 6.45) is 28.8. The molecule has 0 radical (unpaired) electrons. The highest BCUT2D eigenvalue weighted by Gasteiger charge is 2.30. The van der Waals surface area contributed by atoms with Crippen LogP contribution in [0.2, 0.25) is 0 Å². The normalized spacial score (nSPS) is 21.4. The molecule has 0 bridgehead atoms. The molecule has 0 aromatic rings. The summed E-state index contributed by atoms with van der Waals surface area (Å²) < 4.78 is 0. The third-order valence-electron chi connectivity index (χ3n) is 5.21. The Morgan fingerprint density at radius 2 is 1.48 bits per heavy atom. The van der Waals surface area contributed by atoms with E-state index in [0.717, 1.165) is 5.57 Å². The Balaban J connectivity index is 2.64. The summed E-state index contributed by atoms with van der Waals surface area (Å²) in [5.41, 5.74) is 5.35. The summed E-state index contributed by atoms with van der Waals surface area (Å²) in [7, 11) is 0. The van der Waals surface area contributed by atoms with E-state index in [2.05, 4.69) is 77.2 Å². The molecule has 1 atom stereocenters. The van der Waals surface area contributed by atoms with Gasteiger partial charge in [-0.25, -0.2) is 4.79 Å². The van der Waals surface area contributed by atoms with E-state index in [9.17, 15) is 4.79 Å². The lowest BCUT2D eigenvalue weighted by Gasteiger charge is -2.36. The van der Waals surface area contributed by atoms with E-state index < -0.39 is 0 Å². The van der Waals surface area contributed by atoms with Gasteiger partial charge in [-0.2, -0.15) is 0 Å². The lowest BCUT2D eigenvalue weighted by Crippen LogP contribution is -2.26. The Hall–Kier alpha value is -2.63. The number of hydrogen-bond donors (Lipinski definition) is 0. The van der Waals surface area contributed by atoms with Crippen LogP contribution >= 0.6 is 0 Å². The smallest absolute Gasteiger partial charge is 0.124 e. The van der Waals surface area contributed by atoms with Gasteiger partial charge in [0.25, 0.3) is 0 Å². The van der Waals surface area contributed by atoms with E-state index in [-0.39, 0.29) is 0 Å². The lowest BCUT2D eigenvalue weighted by molar-refractivity contribution is 0.255. The number of allylic oxidation sites excluding steroid dienone is 17. The Morgan fingerprint density at radius 1 is 0.931 bits per heavy atom. The molecule has 1 nitrogen and oxygen atoms in total. The van der Waals surface area contributed by atoms with Gasteiger partial charge >= 0.3 is 0 Å². The van der Waals surface area contributed by atoms with Gasteiger partial charge < -0.3 is 0 Å². The predicted molar refractivity (Wildman–Crippen MR) is 128 cm³/mol. The molecule has 0 fully saturated rings. The molecule has 1 unspecified atom stereocenters. The molecule has 1 rings (SSSR count). The van der Waals surface area contributed by atoms with E-state index in [0.29, 0.717) is 11.3 Å². The van der Waals surface area contributed by atoms with Crippen LogP contribution in [-0.4, -0.2) is 5.94 Å². The minimum absolute atomic E-state index is 0.338. The quantitative estimate of drug-likeness (QED) is 0.235. The summed E-state index contributed by atoms with van der Waals surface area (Å²) in [6.45, 7) is 13.2. The molecule has 0 spiro atoms. The molecule has 0 aromatic carbocycles. The van der Waals surface area contributed by atoms with Gasteiger partial charge in [-0.05, 0) is 46.0 Å². The molecule has 154 valence electrons. The molecule has 0 heterocycles. The Morgan fingerprint density at radius 3 is 2.07 bits per heavy atom. The topological polar surface area (TPSA) is 17.1 Å². The van der Waals surface area contributed by atoms with E-state index in [1.807, 2.05) is 31.2 Å². The number of carbonyl (C=O) groups excluding carboxylic acids is 1. The maximum Gasteiger partial charge on any atom is 0.124 e. The molecular formula is C28H36O. The molecule has 1 aliphatic rings. The molecular weight excluding hydrogens is 352 g/mol. The van der Waals surface area contributed by atoms with Crippen molar-refractivity contribution in [2.24, 2.45) is 11.3 Å². The average molecular weight is 389 g/mol. The Labute approximate surface area is 178 Å². The van der Waals surface area contributed by atoms with Gasteiger partial charge in [0.1, 0.15) is 5.94 Å². The third kappa shape index (κ3) is 9.92. The SMILES string of the molecule is CC1=CCCC(C)(C)C1/C=C/C(C)=C/C=C/C(C)=C/C=C/C=C(C)/C=C/C=C=O. The second-order valence-corrected chi connectivity index (χ2v) is 8.43. The van der Waals surface area contributed by atoms with Crippen molar-refractivity contribution in [3.8, 4) is 0 Å². The minimum atomic E-state index is 0.338. The van der Waals surface area contributed by atoms with Crippen LogP contribution in [0.1, 0.15) is 54.4 Å². The highest BCUT2D eigenvalue weighted by atomic mass is 16.1. The fraction of sp³-hybridized carbons (Fsp3) is 0.357. The highest BCUT2D eigenvalue weighted by molar-refractivity contribution is 5.49. The van der Waals surface area contributed by atoms with Gasteiger partial charge in [0.2, 0.25) is 0 Å². The molecule has 0 aromatic heterocycles. The van der Waals surface area contributed by atoms with Crippen LogP contribution < -0.4 is 0 Å². The van der Waals surface area contributed by atoms with Crippen LogP contribution in [-0.2, 0) is 4.79 Å². The second-order valence-electron chi connectivity index (χ2n) is 8.43. The molecule has 0 N–H and O–H groups in total. The first-order valence-corrected chi connectivity index (χ1v) is 10.4. The molecule has 1 aliphatic carbocycles. The average Bonchev–Trinajstić information content (AvgIpc) is 2.64. The summed E-state index contributed by atoms with van der Waals surface area (Å²) in [5.74, 6) is 2.25. The minimum Gasteiger partial charge on any atom is -0.234 e. The fourth-order valence-corrected chi connectivity index (χ4v) is 3.40. The fourth-order valence-electron chi connectivity index (χ4n) is 3.40. The van der Waals surface area contributed by atoms with Crippen molar-refractivity contribution in [3.05, 3.63) is 101 Å². The van der Waals surface area contributed by atoms with Crippen LogP contribution in [0.3, 0.4) is 0 Å². The number of hydrogen-bond acceptors (Lipinski definition) is 1. The van der Waals surface area contributed by atoms with Gasteiger partial charge in [-0.3, -0.25) is 0 Å². The van der Waals surface area contributed by atoms with Crippen LogP contribution in [0.5, 0.6) is 0 Å². The van der Waals surface area contributed by atoms with Crippen molar-refractivity contribution in [2.45, 2.75) is 54.4 Å². The van der Waals surface area contributed by atoms with Crippen molar-refractivity contribution >= 4 is 5.94 Å². The summed E-state index contributed by atoms with van der Waals surface area (Å²) >= 11 is 0. The molecule has 0 aliphatic heterocycles. The van der Waals surface area contributed by atoms with E-state index >= 15 is 0 Å². The maximum atomic E-state index is 10.1. The summed E-state index contributed by atoms with van der Waals surface area (Å²) in [4.78, 5) is 10.1. The van der Waals surface area contributed by atoms with Crippen molar-refractivity contribution in [1.82, 2.24) is 0 Å². The largest absolute Gasteiger partial charge is 0.234 e. The number of rotatable bonds is 8. The van der Waals surface area contributed by atoms with Gasteiger partial charge in [-0.15, -0.1) is 0 Å². The molecule has 0 saturated carbocycles. The molecule has 0 saturated heterocycles. The Kier molecular flexibility index (Phi) is 10.7. The summed E-state index contributed by atoms with van der Waals surface area (Å²) in [6, 6.07) is 0. The first-order chi connectivity index (χ1) is 13.8. The van der Waals surface area contributed by atoms with Gasteiger partial charge in [-0.1, -0.05) is 109 Å².